The van der Waals surface area contributed by atoms with Gasteiger partial charge in [0.1, 0.15) is 11.6 Å². The lowest BCUT2D eigenvalue weighted by Gasteiger charge is -2.43. The average Bonchev–Trinajstić information content (AvgIpc) is 2.75. The smallest absolute Gasteiger partial charge is 0.410 e. The van der Waals surface area contributed by atoms with E-state index in [2.05, 4.69) is 0 Å². The van der Waals surface area contributed by atoms with Crippen molar-refractivity contribution in [2.24, 2.45) is 5.73 Å². The molecule has 0 bridgehead atoms. The molecule has 1 saturated heterocycles. The quantitative estimate of drug-likeness (QED) is 0.597. The summed E-state index contributed by atoms with van der Waals surface area (Å²) in [4.78, 5) is 55.5. The number of hydrogen-bond donors (Lipinski definition) is 1. The minimum atomic E-state index is -0.991. The first-order valence-electron chi connectivity index (χ1n) is 11.9. The molecule has 2 rings (SSSR count). The third-order valence-electron chi connectivity index (χ3n) is 6.10. The molecule has 1 aliphatic heterocycles. The van der Waals surface area contributed by atoms with Crippen LogP contribution < -0.4 is 5.73 Å². The Kier molecular flexibility index (Phi) is 9.33. The number of carbonyl (C=O) groups is 4. The Morgan fingerprint density at radius 2 is 1.56 bits per heavy atom. The molecule has 0 aromatic carbocycles. The number of carbonyl (C=O) groups excluding carboxylic acids is 4. The molecule has 1 atom stereocenters. The summed E-state index contributed by atoms with van der Waals surface area (Å²) in [5.41, 5.74) is 4.78. The van der Waals surface area contributed by atoms with Crippen LogP contribution in [-0.2, 0) is 14.3 Å². The molecule has 0 unspecified atom stereocenters. The van der Waals surface area contributed by atoms with Crippen molar-refractivity contribution in [2.75, 3.05) is 26.2 Å². The maximum atomic E-state index is 13.6. The zero-order valence-corrected chi connectivity index (χ0v) is 20.1. The molecule has 182 valence electrons. The maximum Gasteiger partial charge on any atom is 0.410 e. The van der Waals surface area contributed by atoms with Gasteiger partial charge in [-0.2, -0.15) is 0 Å². The number of nitrogens with zero attached hydrogens (tertiary/aromatic N) is 3. The Hall–Kier alpha value is -2.32. The standard InChI is InChI=1S/C23H40N4O5/c1-5-6-12-18(19(28)20(24)29)27(17-10-8-7-9-11-17)21(30)25-13-15-26(16-14-25)22(31)32-23(2,3)4/h17-18H,5-16H2,1-4H3,(H2,24,29)/t18-/m0/s1. The van der Waals surface area contributed by atoms with Crippen LogP contribution in [0.1, 0.15) is 79.1 Å². The van der Waals surface area contributed by atoms with E-state index in [1.54, 1.807) is 14.7 Å². The highest BCUT2D eigenvalue weighted by Crippen LogP contribution is 2.28. The molecule has 0 aromatic rings. The molecule has 2 N–H and O–H groups in total. The summed E-state index contributed by atoms with van der Waals surface area (Å²) >= 11 is 0. The summed E-state index contributed by atoms with van der Waals surface area (Å²) in [6, 6.07) is -1.14. The van der Waals surface area contributed by atoms with Crippen molar-refractivity contribution in [1.82, 2.24) is 14.7 Å². The van der Waals surface area contributed by atoms with Crippen LogP contribution in [0, 0.1) is 0 Å². The number of unbranched alkanes of at least 4 members (excludes halogenated alkanes) is 1. The van der Waals surface area contributed by atoms with E-state index in [9.17, 15) is 19.2 Å². The highest BCUT2D eigenvalue weighted by atomic mass is 16.6. The molecule has 32 heavy (non-hydrogen) atoms. The van der Waals surface area contributed by atoms with Gasteiger partial charge in [0, 0.05) is 32.2 Å². The fourth-order valence-electron chi connectivity index (χ4n) is 4.43. The molecule has 1 aliphatic carbocycles. The van der Waals surface area contributed by atoms with Crippen LogP contribution in [0.4, 0.5) is 9.59 Å². The first kappa shape index (κ1) is 25.9. The Morgan fingerprint density at radius 1 is 1.00 bits per heavy atom. The molecule has 2 fully saturated rings. The first-order valence-corrected chi connectivity index (χ1v) is 11.9. The number of nitrogens with two attached hydrogens (primary N) is 1. The number of urea groups is 1. The Morgan fingerprint density at radius 3 is 2.06 bits per heavy atom. The average molecular weight is 453 g/mol. The second-order valence-electron chi connectivity index (χ2n) is 9.82. The Bertz CT molecular complexity index is 676. The molecule has 2 aliphatic rings. The van der Waals surface area contributed by atoms with Crippen LogP contribution >= 0.6 is 0 Å². The van der Waals surface area contributed by atoms with E-state index in [-0.39, 0.29) is 12.1 Å². The highest BCUT2D eigenvalue weighted by molar-refractivity contribution is 6.37. The van der Waals surface area contributed by atoms with Gasteiger partial charge in [0.2, 0.25) is 5.78 Å². The summed E-state index contributed by atoms with van der Waals surface area (Å²) < 4.78 is 5.43. The zero-order chi connectivity index (χ0) is 23.9. The molecule has 4 amide bonds. The van der Waals surface area contributed by atoms with Crippen molar-refractivity contribution in [3.8, 4) is 0 Å². The fourth-order valence-corrected chi connectivity index (χ4v) is 4.43. The molecule has 9 nitrogen and oxygen atoms in total. The van der Waals surface area contributed by atoms with E-state index < -0.39 is 29.4 Å². The van der Waals surface area contributed by atoms with Gasteiger partial charge in [-0.1, -0.05) is 39.0 Å². The van der Waals surface area contributed by atoms with Crippen molar-refractivity contribution in [3.63, 3.8) is 0 Å². The number of ether oxygens (including phenoxy) is 1. The van der Waals surface area contributed by atoms with Crippen LogP contribution in [0.3, 0.4) is 0 Å². The topological polar surface area (TPSA) is 113 Å². The van der Waals surface area contributed by atoms with Gasteiger partial charge in [-0.15, -0.1) is 0 Å². The minimum Gasteiger partial charge on any atom is -0.444 e. The first-order chi connectivity index (χ1) is 15.0. The van der Waals surface area contributed by atoms with E-state index in [1.807, 2.05) is 27.7 Å². The van der Waals surface area contributed by atoms with Gasteiger partial charge in [-0.3, -0.25) is 9.59 Å². The normalized spacial score (nSPS) is 18.8. The third-order valence-corrected chi connectivity index (χ3v) is 6.10. The van der Waals surface area contributed by atoms with Gasteiger partial charge in [-0.05, 0) is 40.0 Å². The van der Waals surface area contributed by atoms with Crippen molar-refractivity contribution < 1.29 is 23.9 Å². The molecule has 0 radical (unpaired) electrons. The number of primary amides is 1. The summed E-state index contributed by atoms with van der Waals surface area (Å²) in [5, 5.41) is 0. The molecule has 9 heteroatoms. The number of Topliss-reactive ketones (excluding diaryl/α,β-unsaturated/α-hetero) is 1. The van der Waals surface area contributed by atoms with Gasteiger partial charge in [0.05, 0.1) is 0 Å². The SMILES string of the molecule is CCCC[C@@H](C(=O)C(N)=O)N(C(=O)N1CCN(C(=O)OC(C)(C)C)CC1)C1CCCCC1. The molecular weight excluding hydrogens is 412 g/mol. The number of rotatable bonds is 7. The maximum absolute atomic E-state index is 13.6. The third kappa shape index (κ3) is 7.10. The summed E-state index contributed by atoms with van der Waals surface area (Å²) in [6.07, 6.45) is 6.35. The molecule has 1 heterocycles. The van der Waals surface area contributed by atoms with Gasteiger partial charge < -0.3 is 25.2 Å². The van der Waals surface area contributed by atoms with Gasteiger partial charge in [0.25, 0.3) is 5.91 Å². The molecule has 0 spiro atoms. The van der Waals surface area contributed by atoms with Crippen molar-refractivity contribution in [2.45, 2.75) is 96.7 Å². The van der Waals surface area contributed by atoms with Gasteiger partial charge in [0.15, 0.2) is 0 Å². The molecule has 0 aromatic heterocycles. The second kappa shape index (κ2) is 11.5. The van der Waals surface area contributed by atoms with Crippen LogP contribution in [0.25, 0.3) is 0 Å². The number of amides is 4. The minimum absolute atomic E-state index is 0.0784. The Balaban J connectivity index is 2.16. The lowest BCUT2D eigenvalue weighted by atomic mass is 9.91. The number of ketones is 1. The zero-order valence-electron chi connectivity index (χ0n) is 20.1. The Labute approximate surface area is 191 Å². The molecular formula is C23H40N4O5. The predicted molar refractivity (Wildman–Crippen MR) is 121 cm³/mol. The van der Waals surface area contributed by atoms with Crippen LogP contribution in [0.2, 0.25) is 0 Å². The second-order valence-corrected chi connectivity index (χ2v) is 9.82. The predicted octanol–water partition coefficient (Wildman–Crippen LogP) is 2.91. The number of piperazine rings is 1. The van der Waals surface area contributed by atoms with Crippen molar-refractivity contribution in [1.29, 1.82) is 0 Å². The van der Waals surface area contributed by atoms with E-state index in [0.717, 1.165) is 44.9 Å². The lowest BCUT2D eigenvalue weighted by molar-refractivity contribution is -0.139. The van der Waals surface area contributed by atoms with Gasteiger partial charge >= 0.3 is 12.1 Å². The van der Waals surface area contributed by atoms with E-state index >= 15 is 0 Å². The van der Waals surface area contributed by atoms with Crippen LogP contribution in [0.5, 0.6) is 0 Å². The van der Waals surface area contributed by atoms with E-state index in [4.69, 9.17) is 10.5 Å². The number of hydrogen-bond acceptors (Lipinski definition) is 5. The largest absolute Gasteiger partial charge is 0.444 e. The van der Waals surface area contributed by atoms with Crippen LogP contribution in [-0.4, -0.2) is 82.4 Å². The molecule has 1 saturated carbocycles. The van der Waals surface area contributed by atoms with E-state index in [0.29, 0.717) is 32.6 Å². The summed E-state index contributed by atoms with van der Waals surface area (Å²) in [7, 11) is 0. The van der Waals surface area contributed by atoms with Crippen molar-refractivity contribution >= 4 is 23.8 Å². The summed E-state index contributed by atoms with van der Waals surface area (Å²) in [6.45, 7) is 8.90. The highest BCUT2D eigenvalue weighted by Gasteiger charge is 2.40. The van der Waals surface area contributed by atoms with Crippen LogP contribution in [0.15, 0.2) is 0 Å². The summed E-state index contributed by atoms with van der Waals surface area (Å²) in [5.74, 6) is -1.68. The van der Waals surface area contributed by atoms with Gasteiger partial charge in [-0.25, -0.2) is 9.59 Å². The van der Waals surface area contributed by atoms with Crippen molar-refractivity contribution in [3.05, 3.63) is 0 Å². The fraction of sp³-hybridized carbons (Fsp3) is 0.826. The lowest BCUT2D eigenvalue weighted by Crippen LogP contribution is -2.60. The monoisotopic (exact) mass is 452 g/mol. The van der Waals surface area contributed by atoms with E-state index in [1.165, 1.54) is 0 Å².